The predicted octanol–water partition coefficient (Wildman–Crippen LogP) is 4.29. The molecule has 2 atom stereocenters. The Kier molecular flexibility index (Phi) is 3.67. The standard InChI is InChI=1S/C15H19Cl2NO/c1-18-12-9-13(15(12)7-2-3-8-15)19-11-6-4-5-10(16)14(11)17/h4-6,12-13,18H,2-3,7-9H2,1H3. The molecule has 0 radical (unpaired) electrons. The zero-order valence-corrected chi connectivity index (χ0v) is 12.6. The van der Waals surface area contributed by atoms with Gasteiger partial charge in [-0.2, -0.15) is 0 Å². The van der Waals surface area contributed by atoms with Crippen LogP contribution in [0.25, 0.3) is 0 Å². The molecule has 3 rings (SSSR count). The minimum absolute atomic E-state index is 0.267. The Balaban J connectivity index is 1.79. The first kappa shape index (κ1) is 13.5. The second-order valence-corrected chi connectivity index (χ2v) is 6.46. The third-order valence-corrected chi connectivity index (χ3v) is 5.65. The third kappa shape index (κ3) is 2.14. The van der Waals surface area contributed by atoms with Gasteiger partial charge >= 0.3 is 0 Å². The van der Waals surface area contributed by atoms with Crippen LogP contribution in [0.1, 0.15) is 32.1 Å². The third-order valence-electron chi connectivity index (χ3n) is 4.85. The summed E-state index contributed by atoms with van der Waals surface area (Å²) in [4.78, 5) is 0. The van der Waals surface area contributed by atoms with Crippen LogP contribution < -0.4 is 10.1 Å². The summed E-state index contributed by atoms with van der Waals surface area (Å²) < 4.78 is 6.18. The van der Waals surface area contributed by atoms with Crippen LogP contribution in [0.5, 0.6) is 5.75 Å². The van der Waals surface area contributed by atoms with E-state index in [1.807, 2.05) is 19.2 Å². The highest BCUT2D eigenvalue weighted by Crippen LogP contribution is 2.55. The molecule has 1 N–H and O–H groups in total. The van der Waals surface area contributed by atoms with E-state index in [1.54, 1.807) is 6.07 Å². The van der Waals surface area contributed by atoms with Gasteiger partial charge in [-0.25, -0.2) is 0 Å². The molecule has 0 saturated heterocycles. The second-order valence-electron chi connectivity index (χ2n) is 5.68. The van der Waals surface area contributed by atoms with E-state index >= 15 is 0 Å². The van der Waals surface area contributed by atoms with Crippen LogP contribution in [0.3, 0.4) is 0 Å². The Hall–Kier alpha value is -0.440. The summed E-state index contributed by atoms with van der Waals surface area (Å²) in [6.45, 7) is 0. The van der Waals surface area contributed by atoms with E-state index in [4.69, 9.17) is 27.9 Å². The van der Waals surface area contributed by atoms with Crippen LogP contribution in [0.15, 0.2) is 18.2 Å². The van der Waals surface area contributed by atoms with Crippen LogP contribution in [-0.2, 0) is 0 Å². The smallest absolute Gasteiger partial charge is 0.139 e. The monoisotopic (exact) mass is 299 g/mol. The number of halogens is 2. The molecule has 4 heteroatoms. The predicted molar refractivity (Wildman–Crippen MR) is 79.2 cm³/mol. The molecule has 104 valence electrons. The lowest BCUT2D eigenvalue weighted by molar-refractivity contribution is -0.0735. The van der Waals surface area contributed by atoms with Crippen molar-refractivity contribution < 1.29 is 4.74 Å². The molecule has 1 aromatic rings. The number of nitrogens with one attached hydrogen (secondary N) is 1. The van der Waals surface area contributed by atoms with Crippen molar-refractivity contribution >= 4 is 23.2 Å². The van der Waals surface area contributed by atoms with Gasteiger partial charge in [0.05, 0.1) is 5.02 Å². The van der Waals surface area contributed by atoms with Gasteiger partial charge in [0.2, 0.25) is 0 Å². The molecule has 2 aliphatic carbocycles. The molecule has 1 aromatic carbocycles. The van der Waals surface area contributed by atoms with Gasteiger partial charge in [-0.3, -0.25) is 0 Å². The average molecular weight is 300 g/mol. The van der Waals surface area contributed by atoms with Crippen molar-refractivity contribution in [2.24, 2.45) is 5.41 Å². The Morgan fingerprint density at radius 1 is 1.26 bits per heavy atom. The quantitative estimate of drug-likeness (QED) is 0.899. The number of hydrogen-bond donors (Lipinski definition) is 1. The van der Waals surface area contributed by atoms with Gasteiger partial charge in [-0.1, -0.05) is 42.1 Å². The molecule has 2 fully saturated rings. The first-order chi connectivity index (χ1) is 9.17. The summed E-state index contributed by atoms with van der Waals surface area (Å²) >= 11 is 12.3. The molecule has 2 nitrogen and oxygen atoms in total. The van der Waals surface area contributed by atoms with Crippen LogP contribution in [-0.4, -0.2) is 19.2 Å². The molecule has 0 heterocycles. The highest BCUT2D eigenvalue weighted by molar-refractivity contribution is 6.42. The van der Waals surface area contributed by atoms with Crippen molar-refractivity contribution in [2.45, 2.75) is 44.2 Å². The number of hydrogen-bond acceptors (Lipinski definition) is 2. The molecule has 2 saturated carbocycles. The zero-order chi connectivity index (χ0) is 13.5. The molecule has 0 aromatic heterocycles. The SMILES string of the molecule is CNC1CC(Oc2cccc(Cl)c2Cl)C12CCCC2. The summed E-state index contributed by atoms with van der Waals surface area (Å²) in [6.07, 6.45) is 6.44. The maximum absolute atomic E-state index is 6.21. The van der Waals surface area contributed by atoms with Crippen LogP contribution in [0.2, 0.25) is 10.0 Å². The van der Waals surface area contributed by atoms with Crippen molar-refractivity contribution in [3.05, 3.63) is 28.2 Å². The van der Waals surface area contributed by atoms with E-state index < -0.39 is 0 Å². The fourth-order valence-corrected chi connectivity index (χ4v) is 4.09. The van der Waals surface area contributed by atoms with Crippen molar-refractivity contribution in [2.75, 3.05) is 7.05 Å². The molecular weight excluding hydrogens is 281 g/mol. The molecule has 0 aliphatic heterocycles. The number of benzene rings is 1. The summed E-state index contributed by atoms with van der Waals surface area (Å²) in [6, 6.07) is 6.17. The lowest BCUT2D eigenvalue weighted by atomic mass is 9.60. The Morgan fingerprint density at radius 2 is 2.00 bits per heavy atom. The van der Waals surface area contributed by atoms with Gasteiger partial charge in [0.15, 0.2) is 0 Å². The number of ether oxygens (including phenoxy) is 1. The van der Waals surface area contributed by atoms with Crippen LogP contribution in [0.4, 0.5) is 0 Å². The summed E-state index contributed by atoms with van der Waals surface area (Å²) in [7, 11) is 2.05. The number of rotatable bonds is 3. The highest BCUT2D eigenvalue weighted by atomic mass is 35.5. The zero-order valence-electron chi connectivity index (χ0n) is 11.1. The first-order valence-corrected chi connectivity index (χ1v) is 7.71. The minimum Gasteiger partial charge on any atom is -0.488 e. The second kappa shape index (κ2) is 5.16. The summed E-state index contributed by atoms with van der Waals surface area (Å²) in [5, 5.41) is 4.53. The van der Waals surface area contributed by atoms with Gasteiger partial charge in [0.1, 0.15) is 16.9 Å². The molecule has 0 bridgehead atoms. The molecule has 0 amide bonds. The lowest BCUT2D eigenvalue weighted by Crippen LogP contribution is -2.63. The van der Waals surface area contributed by atoms with Gasteiger partial charge in [-0.15, -0.1) is 0 Å². The van der Waals surface area contributed by atoms with Crippen LogP contribution >= 0.6 is 23.2 Å². The first-order valence-electron chi connectivity index (χ1n) is 6.95. The van der Waals surface area contributed by atoms with E-state index in [0.29, 0.717) is 21.5 Å². The maximum Gasteiger partial charge on any atom is 0.139 e. The van der Waals surface area contributed by atoms with Crippen molar-refractivity contribution in [3.63, 3.8) is 0 Å². The fraction of sp³-hybridized carbons (Fsp3) is 0.600. The largest absolute Gasteiger partial charge is 0.488 e. The van der Waals surface area contributed by atoms with E-state index in [-0.39, 0.29) is 6.10 Å². The molecular formula is C15H19Cl2NO. The van der Waals surface area contributed by atoms with E-state index in [2.05, 4.69) is 5.32 Å². The van der Waals surface area contributed by atoms with Crippen molar-refractivity contribution in [1.29, 1.82) is 0 Å². The van der Waals surface area contributed by atoms with Crippen molar-refractivity contribution in [1.82, 2.24) is 5.32 Å². The highest BCUT2D eigenvalue weighted by Gasteiger charge is 2.57. The van der Waals surface area contributed by atoms with Gasteiger partial charge in [0.25, 0.3) is 0 Å². The summed E-state index contributed by atoms with van der Waals surface area (Å²) in [5.74, 6) is 0.722. The minimum atomic E-state index is 0.267. The average Bonchev–Trinajstić information content (AvgIpc) is 2.91. The van der Waals surface area contributed by atoms with Gasteiger partial charge in [-0.05, 0) is 32.0 Å². The van der Waals surface area contributed by atoms with Gasteiger partial charge in [0, 0.05) is 17.9 Å². The Labute approximate surface area is 124 Å². The topological polar surface area (TPSA) is 21.3 Å². The molecule has 2 unspecified atom stereocenters. The van der Waals surface area contributed by atoms with E-state index in [1.165, 1.54) is 25.7 Å². The van der Waals surface area contributed by atoms with Gasteiger partial charge < -0.3 is 10.1 Å². The van der Waals surface area contributed by atoms with E-state index in [9.17, 15) is 0 Å². The Morgan fingerprint density at radius 3 is 2.68 bits per heavy atom. The normalized spacial score (nSPS) is 28.4. The van der Waals surface area contributed by atoms with Crippen molar-refractivity contribution in [3.8, 4) is 5.75 Å². The lowest BCUT2D eigenvalue weighted by Gasteiger charge is -2.53. The molecule has 19 heavy (non-hydrogen) atoms. The summed E-state index contributed by atoms with van der Waals surface area (Å²) in [5.41, 5.74) is 0.306. The maximum atomic E-state index is 6.21. The van der Waals surface area contributed by atoms with Crippen LogP contribution in [0, 0.1) is 5.41 Å². The van der Waals surface area contributed by atoms with E-state index in [0.717, 1.165) is 12.2 Å². The molecule has 1 spiro atoms. The Bertz CT molecular complexity index is 471. The molecule has 2 aliphatic rings. The fourth-order valence-electron chi connectivity index (χ4n) is 3.75.